The molecule has 4 rings (SSSR count). The number of carbonyl (C=O) groups is 2. The average Bonchev–Trinajstić information content (AvgIpc) is 3.16. The van der Waals surface area contributed by atoms with Gasteiger partial charge in [0.25, 0.3) is 0 Å². The van der Waals surface area contributed by atoms with Crippen LogP contribution in [0.3, 0.4) is 0 Å². The van der Waals surface area contributed by atoms with Crippen LogP contribution in [-0.4, -0.2) is 73.1 Å². The number of alkyl carbamates (subject to hydrolysis) is 1. The summed E-state index contributed by atoms with van der Waals surface area (Å²) in [7, 11) is 1.50. The molecule has 4 saturated carbocycles. The van der Waals surface area contributed by atoms with Gasteiger partial charge in [-0.1, -0.05) is 27.7 Å². The zero-order valence-electron chi connectivity index (χ0n) is 23.8. The number of hydrogen-bond acceptors (Lipinski definition) is 7. The number of esters is 1. The molecule has 9 atom stereocenters. The van der Waals surface area contributed by atoms with E-state index < -0.39 is 12.2 Å². The standard InChI is InChI=1S/C29H51N3O5/c1-6-32(7-2)18-20(33)17-31-26(35)37-21-10-13-27(3)19(16-21)8-9-23-22(27)11-14-28(4)24(25(34)36-5)12-15-29(23,28)30/h19-24,33H,6-18,30H2,1-5H3,(H,31,35)/t19-,20?,21+,22+,23-,24-,27+,28-,29+/m1/s1. The van der Waals surface area contributed by atoms with E-state index in [2.05, 4.69) is 37.9 Å². The minimum Gasteiger partial charge on any atom is -0.469 e. The molecule has 4 aliphatic carbocycles. The summed E-state index contributed by atoms with van der Waals surface area (Å²) in [6.45, 7) is 11.3. The van der Waals surface area contributed by atoms with Gasteiger partial charge in [-0.05, 0) is 99.5 Å². The molecule has 0 spiro atoms. The second kappa shape index (κ2) is 11.0. The molecule has 1 unspecified atom stereocenters. The van der Waals surface area contributed by atoms with Gasteiger partial charge in [0.05, 0.1) is 19.1 Å². The first-order chi connectivity index (χ1) is 17.5. The van der Waals surface area contributed by atoms with Gasteiger partial charge in [-0.15, -0.1) is 0 Å². The first-order valence-corrected chi connectivity index (χ1v) is 14.7. The number of carbonyl (C=O) groups excluding carboxylic acids is 2. The van der Waals surface area contributed by atoms with E-state index in [1.807, 2.05) is 0 Å². The third kappa shape index (κ3) is 5.03. The summed E-state index contributed by atoms with van der Waals surface area (Å²) < 4.78 is 11.0. The third-order valence-electron chi connectivity index (χ3n) is 11.6. The SMILES string of the molecule is CCN(CC)CC(O)CNC(=O)O[C@H]1CC[C@@]2(C)[C@H](CC[C@@H]3[C@@H]2CC[C@]2(C)[C@@H](C(=O)OC)CC[C@]32N)C1. The molecule has 4 N–H and O–H groups in total. The first kappa shape index (κ1) is 28.6. The lowest BCUT2D eigenvalue weighted by atomic mass is 9.42. The smallest absolute Gasteiger partial charge is 0.407 e. The minimum atomic E-state index is -0.604. The number of ether oxygens (including phenoxy) is 2. The number of nitrogens with two attached hydrogens (primary N) is 1. The van der Waals surface area contributed by atoms with Gasteiger partial charge in [0.2, 0.25) is 0 Å². The highest BCUT2D eigenvalue weighted by Gasteiger charge is 2.67. The third-order valence-corrected chi connectivity index (χ3v) is 11.6. The van der Waals surface area contributed by atoms with Crippen molar-refractivity contribution in [2.75, 3.05) is 33.3 Å². The fourth-order valence-corrected chi connectivity index (χ4v) is 9.15. The predicted octanol–water partition coefficient (Wildman–Crippen LogP) is 3.70. The van der Waals surface area contributed by atoms with Crippen LogP contribution in [0.25, 0.3) is 0 Å². The van der Waals surface area contributed by atoms with Crippen molar-refractivity contribution in [1.29, 1.82) is 0 Å². The Kier molecular flexibility index (Phi) is 8.52. The van der Waals surface area contributed by atoms with Crippen molar-refractivity contribution >= 4 is 12.1 Å². The fraction of sp³-hybridized carbons (Fsp3) is 0.931. The molecule has 0 bridgehead atoms. The van der Waals surface area contributed by atoms with Gasteiger partial charge in [-0.3, -0.25) is 4.79 Å². The molecule has 0 saturated heterocycles. The minimum absolute atomic E-state index is 0.0783. The number of aliphatic hydroxyl groups is 1. The van der Waals surface area contributed by atoms with Crippen molar-refractivity contribution < 1.29 is 24.2 Å². The van der Waals surface area contributed by atoms with E-state index in [4.69, 9.17) is 15.2 Å². The van der Waals surface area contributed by atoms with Crippen molar-refractivity contribution in [3.8, 4) is 0 Å². The molecule has 0 aromatic carbocycles. The molecule has 0 heterocycles. The fourth-order valence-electron chi connectivity index (χ4n) is 9.15. The second-order valence-corrected chi connectivity index (χ2v) is 12.9. The van der Waals surface area contributed by atoms with E-state index >= 15 is 0 Å². The molecule has 8 nitrogen and oxygen atoms in total. The molecule has 212 valence electrons. The molecule has 0 radical (unpaired) electrons. The molecule has 1 amide bonds. The molecule has 0 aromatic rings. The molecule has 4 fully saturated rings. The summed E-state index contributed by atoms with van der Waals surface area (Å²) in [5.41, 5.74) is 6.98. The van der Waals surface area contributed by atoms with E-state index in [-0.39, 0.29) is 40.9 Å². The normalized spacial score (nSPS) is 41.8. The maximum Gasteiger partial charge on any atom is 0.407 e. The molecule has 8 heteroatoms. The Morgan fingerprint density at radius 1 is 1.05 bits per heavy atom. The van der Waals surface area contributed by atoms with Gasteiger partial charge in [0.15, 0.2) is 0 Å². The van der Waals surface area contributed by atoms with Crippen LogP contribution in [0.15, 0.2) is 0 Å². The van der Waals surface area contributed by atoms with Gasteiger partial charge in [-0.25, -0.2) is 4.79 Å². The van der Waals surface area contributed by atoms with Crippen LogP contribution in [-0.2, 0) is 14.3 Å². The van der Waals surface area contributed by atoms with Crippen molar-refractivity contribution in [2.24, 2.45) is 40.2 Å². The quantitative estimate of drug-likeness (QED) is 0.417. The van der Waals surface area contributed by atoms with Crippen LogP contribution in [0.1, 0.15) is 85.5 Å². The highest BCUT2D eigenvalue weighted by Crippen LogP contribution is 2.68. The Bertz CT molecular complexity index is 836. The maximum absolute atomic E-state index is 12.6. The van der Waals surface area contributed by atoms with E-state index in [1.54, 1.807) is 0 Å². The summed E-state index contributed by atoms with van der Waals surface area (Å²) in [4.78, 5) is 27.3. The maximum atomic E-state index is 12.6. The monoisotopic (exact) mass is 521 g/mol. The van der Waals surface area contributed by atoms with Crippen LogP contribution in [0.4, 0.5) is 4.79 Å². The molecular weight excluding hydrogens is 470 g/mol. The average molecular weight is 522 g/mol. The van der Waals surface area contributed by atoms with E-state index in [1.165, 1.54) is 7.11 Å². The Hall–Kier alpha value is -1.38. The number of fused-ring (bicyclic) bond motifs is 5. The van der Waals surface area contributed by atoms with Gasteiger partial charge in [0, 0.05) is 18.6 Å². The zero-order chi connectivity index (χ0) is 27.0. The van der Waals surface area contributed by atoms with Crippen LogP contribution >= 0.6 is 0 Å². The Balaban J connectivity index is 1.34. The van der Waals surface area contributed by atoms with E-state index in [9.17, 15) is 14.7 Å². The summed E-state index contributed by atoms with van der Waals surface area (Å²) in [5.74, 6) is 1.30. The number of nitrogens with one attached hydrogen (secondary N) is 1. The van der Waals surface area contributed by atoms with E-state index in [0.29, 0.717) is 24.3 Å². The van der Waals surface area contributed by atoms with Crippen molar-refractivity contribution in [1.82, 2.24) is 10.2 Å². The lowest BCUT2D eigenvalue weighted by Gasteiger charge is -2.64. The van der Waals surface area contributed by atoms with Crippen LogP contribution in [0.2, 0.25) is 0 Å². The van der Waals surface area contributed by atoms with Gasteiger partial charge >= 0.3 is 12.1 Å². The van der Waals surface area contributed by atoms with E-state index in [0.717, 1.165) is 70.9 Å². The van der Waals surface area contributed by atoms with Crippen molar-refractivity contribution in [2.45, 2.75) is 103 Å². The Morgan fingerprint density at radius 3 is 2.46 bits per heavy atom. The Morgan fingerprint density at radius 2 is 1.78 bits per heavy atom. The summed E-state index contributed by atoms with van der Waals surface area (Å²) in [6, 6.07) is 0. The van der Waals surface area contributed by atoms with Crippen molar-refractivity contribution in [3.63, 3.8) is 0 Å². The highest BCUT2D eigenvalue weighted by molar-refractivity contribution is 5.74. The largest absolute Gasteiger partial charge is 0.469 e. The number of aliphatic hydroxyl groups excluding tert-OH is 1. The molecule has 0 aliphatic heterocycles. The molecule has 0 aromatic heterocycles. The molecular formula is C29H51N3O5. The topological polar surface area (TPSA) is 114 Å². The second-order valence-electron chi connectivity index (χ2n) is 12.9. The van der Waals surface area contributed by atoms with Gasteiger partial charge in [0.1, 0.15) is 6.10 Å². The number of amides is 1. The van der Waals surface area contributed by atoms with Crippen LogP contribution in [0.5, 0.6) is 0 Å². The van der Waals surface area contributed by atoms with Gasteiger partial charge in [-0.2, -0.15) is 0 Å². The number of nitrogens with zero attached hydrogens (tertiary/aromatic N) is 1. The lowest BCUT2D eigenvalue weighted by molar-refractivity contribution is -0.160. The lowest BCUT2D eigenvalue weighted by Crippen LogP contribution is -2.66. The predicted molar refractivity (Wildman–Crippen MR) is 143 cm³/mol. The number of likely N-dealkylation sites (N-methyl/N-ethyl adjacent to an activating group) is 1. The number of hydrogen-bond donors (Lipinski definition) is 3. The summed E-state index contributed by atoms with van der Waals surface area (Å²) in [5, 5.41) is 13.0. The molecule has 4 aliphatic rings. The summed E-state index contributed by atoms with van der Waals surface area (Å²) >= 11 is 0. The van der Waals surface area contributed by atoms with Crippen LogP contribution in [0, 0.1) is 34.5 Å². The van der Waals surface area contributed by atoms with Gasteiger partial charge < -0.3 is 30.5 Å². The van der Waals surface area contributed by atoms with Crippen molar-refractivity contribution in [3.05, 3.63) is 0 Å². The first-order valence-electron chi connectivity index (χ1n) is 14.7. The Labute approximate surface area is 223 Å². The highest BCUT2D eigenvalue weighted by atomic mass is 16.6. The zero-order valence-corrected chi connectivity index (χ0v) is 23.8. The summed E-state index contributed by atoms with van der Waals surface area (Å²) in [6.07, 6.45) is 7.69. The molecule has 37 heavy (non-hydrogen) atoms. The number of rotatable bonds is 8. The van der Waals surface area contributed by atoms with Crippen LogP contribution < -0.4 is 11.1 Å². The number of methoxy groups -OCH3 is 1.